The normalized spacial score (nSPS) is 10.5. The van der Waals surface area contributed by atoms with Gasteiger partial charge in [0.15, 0.2) is 0 Å². The first kappa shape index (κ1) is 17.6. The SMILES string of the molecule is CCOc1ccccc1C(=O)NCC(F)(F)CN.Cl. The number of ether oxygens (including phenoxy) is 1. The molecule has 0 spiro atoms. The van der Waals surface area contributed by atoms with Crippen molar-refractivity contribution in [2.45, 2.75) is 12.8 Å². The summed E-state index contributed by atoms with van der Waals surface area (Å²) in [4.78, 5) is 11.7. The quantitative estimate of drug-likeness (QED) is 0.841. The van der Waals surface area contributed by atoms with Crippen molar-refractivity contribution in [3.05, 3.63) is 29.8 Å². The third-order valence-electron chi connectivity index (χ3n) is 2.24. The average molecular weight is 295 g/mol. The molecule has 7 heteroatoms. The lowest BCUT2D eigenvalue weighted by molar-refractivity contribution is 0.0118. The van der Waals surface area contributed by atoms with Crippen LogP contribution in [-0.4, -0.2) is 31.5 Å². The maximum Gasteiger partial charge on any atom is 0.277 e. The lowest BCUT2D eigenvalue weighted by Crippen LogP contribution is -2.41. The highest BCUT2D eigenvalue weighted by Crippen LogP contribution is 2.18. The van der Waals surface area contributed by atoms with Gasteiger partial charge in [0.05, 0.1) is 25.3 Å². The second-order valence-electron chi connectivity index (χ2n) is 3.67. The van der Waals surface area contributed by atoms with Crippen LogP contribution in [0.2, 0.25) is 0 Å². The van der Waals surface area contributed by atoms with Crippen molar-refractivity contribution in [1.29, 1.82) is 0 Å². The zero-order valence-corrected chi connectivity index (χ0v) is 11.3. The Bertz CT molecular complexity index is 416. The van der Waals surface area contributed by atoms with Gasteiger partial charge in [-0.05, 0) is 19.1 Å². The van der Waals surface area contributed by atoms with Crippen LogP contribution in [0.5, 0.6) is 5.75 Å². The highest BCUT2D eigenvalue weighted by atomic mass is 35.5. The molecule has 3 N–H and O–H groups in total. The second kappa shape index (κ2) is 7.91. The van der Waals surface area contributed by atoms with E-state index in [4.69, 9.17) is 10.5 Å². The van der Waals surface area contributed by atoms with Crippen LogP contribution in [-0.2, 0) is 0 Å². The van der Waals surface area contributed by atoms with Gasteiger partial charge in [0.1, 0.15) is 5.75 Å². The first-order chi connectivity index (χ1) is 8.50. The molecular formula is C12H17ClF2N2O2. The van der Waals surface area contributed by atoms with Gasteiger partial charge in [-0.1, -0.05) is 12.1 Å². The van der Waals surface area contributed by atoms with Gasteiger partial charge in [-0.3, -0.25) is 4.79 Å². The van der Waals surface area contributed by atoms with E-state index in [2.05, 4.69) is 5.32 Å². The van der Waals surface area contributed by atoms with Crippen molar-refractivity contribution in [3.8, 4) is 5.75 Å². The molecule has 0 bridgehead atoms. The first-order valence-corrected chi connectivity index (χ1v) is 5.58. The highest BCUT2D eigenvalue weighted by Gasteiger charge is 2.27. The fraction of sp³-hybridized carbons (Fsp3) is 0.417. The molecule has 0 aromatic heterocycles. The van der Waals surface area contributed by atoms with Crippen LogP contribution < -0.4 is 15.8 Å². The third kappa shape index (κ3) is 5.40. The number of carbonyl (C=O) groups is 1. The number of alkyl halides is 2. The molecule has 0 saturated carbocycles. The minimum atomic E-state index is -3.10. The molecule has 0 radical (unpaired) electrons. The summed E-state index contributed by atoms with van der Waals surface area (Å²) in [5.74, 6) is -3.34. The maximum atomic E-state index is 12.9. The number of halogens is 3. The summed E-state index contributed by atoms with van der Waals surface area (Å²) in [6.45, 7) is 0.573. The fourth-order valence-corrected chi connectivity index (χ4v) is 1.31. The fourth-order valence-electron chi connectivity index (χ4n) is 1.31. The number of para-hydroxylation sites is 1. The molecule has 1 aromatic rings. The van der Waals surface area contributed by atoms with Crippen LogP contribution in [0.4, 0.5) is 8.78 Å². The van der Waals surface area contributed by atoms with E-state index in [0.29, 0.717) is 12.4 Å². The van der Waals surface area contributed by atoms with E-state index in [-0.39, 0.29) is 18.0 Å². The number of nitrogens with one attached hydrogen (secondary N) is 1. The lowest BCUT2D eigenvalue weighted by Gasteiger charge is -2.15. The van der Waals surface area contributed by atoms with E-state index >= 15 is 0 Å². The Morgan fingerprint density at radius 3 is 2.63 bits per heavy atom. The molecular weight excluding hydrogens is 278 g/mol. The zero-order chi connectivity index (χ0) is 13.6. The van der Waals surface area contributed by atoms with Crippen molar-refractivity contribution in [2.75, 3.05) is 19.7 Å². The summed E-state index contributed by atoms with van der Waals surface area (Å²) in [5, 5.41) is 2.14. The highest BCUT2D eigenvalue weighted by molar-refractivity contribution is 5.96. The maximum absolute atomic E-state index is 12.9. The van der Waals surface area contributed by atoms with E-state index in [1.807, 2.05) is 0 Å². The molecule has 0 fully saturated rings. The summed E-state index contributed by atoms with van der Waals surface area (Å²) in [6, 6.07) is 6.47. The first-order valence-electron chi connectivity index (χ1n) is 5.58. The molecule has 1 rings (SSSR count). The van der Waals surface area contributed by atoms with E-state index in [9.17, 15) is 13.6 Å². The van der Waals surface area contributed by atoms with E-state index in [1.165, 1.54) is 6.07 Å². The molecule has 0 aliphatic rings. The molecule has 0 heterocycles. The number of hydrogen-bond acceptors (Lipinski definition) is 3. The van der Waals surface area contributed by atoms with Crippen molar-refractivity contribution < 1.29 is 18.3 Å². The number of rotatable bonds is 6. The summed E-state index contributed by atoms with van der Waals surface area (Å²) in [5.41, 5.74) is 5.11. The molecule has 0 atom stereocenters. The summed E-state index contributed by atoms with van der Waals surface area (Å²) in [6.07, 6.45) is 0. The molecule has 19 heavy (non-hydrogen) atoms. The minimum absolute atomic E-state index is 0. The Labute approximate surface area is 116 Å². The Morgan fingerprint density at radius 2 is 2.05 bits per heavy atom. The monoisotopic (exact) mass is 294 g/mol. The predicted molar refractivity (Wildman–Crippen MR) is 71.2 cm³/mol. The van der Waals surface area contributed by atoms with Crippen LogP contribution in [0.25, 0.3) is 0 Å². The van der Waals surface area contributed by atoms with E-state index < -0.39 is 24.9 Å². The van der Waals surface area contributed by atoms with Crippen LogP contribution in [0.3, 0.4) is 0 Å². The molecule has 0 aliphatic heterocycles. The summed E-state index contributed by atoms with van der Waals surface area (Å²) in [7, 11) is 0. The van der Waals surface area contributed by atoms with Crippen molar-refractivity contribution >= 4 is 18.3 Å². The smallest absolute Gasteiger partial charge is 0.277 e. The Kier molecular flexibility index (Phi) is 7.33. The zero-order valence-electron chi connectivity index (χ0n) is 10.5. The van der Waals surface area contributed by atoms with Gasteiger partial charge >= 0.3 is 0 Å². The van der Waals surface area contributed by atoms with Crippen LogP contribution in [0.1, 0.15) is 17.3 Å². The van der Waals surface area contributed by atoms with Gasteiger partial charge in [0, 0.05) is 0 Å². The molecule has 1 aromatic carbocycles. The predicted octanol–water partition coefficient (Wildman–Crippen LogP) is 1.83. The standard InChI is InChI=1S/C12H16F2N2O2.ClH/c1-2-18-10-6-4-3-5-9(10)11(17)16-8-12(13,14)7-15;/h3-6H,2,7-8,15H2,1H3,(H,16,17);1H. The van der Waals surface area contributed by atoms with Gasteiger partial charge in [-0.15, -0.1) is 12.4 Å². The van der Waals surface area contributed by atoms with Crippen LogP contribution in [0.15, 0.2) is 24.3 Å². The Balaban J connectivity index is 0.00000324. The summed E-state index contributed by atoms with van der Waals surface area (Å²) >= 11 is 0. The molecule has 0 unspecified atom stereocenters. The number of nitrogens with two attached hydrogens (primary N) is 1. The summed E-state index contributed by atoms with van der Waals surface area (Å²) < 4.78 is 31.1. The molecule has 108 valence electrons. The topological polar surface area (TPSA) is 64.3 Å². The van der Waals surface area contributed by atoms with Crippen LogP contribution in [0, 0.1) is 0 Å². The van der Waals surface area contributed by atoms with Crippen molar-refractivity contribution in [1.82, 2.24) is 5.32 Å². The molecule has 0 saturated heterocycles. The number of benzene rings is 1. The largest absolute Gasteiger partial charge is 0.493 e. The van der Waals surface area contributed by atoms with Gasteiger partial charge < -0.3 is 15.8 Å². The number of hydrogen-bond donors (Lipinski definition) is 2. The average Bonchev–Trinajstić information content (AvgIpc) is 2.37. The van der Waals surface area contributed by atoms with Crippen molar-refractivity contribution in [3.63, 3.8) is 0 Å². The van der Waals surface area contributed by atoms with E-state index in [0.717, 1.165) is 0 Å². The number of amides is 1. The Hall–Kier alpha value is -1.40. The molecule has 0 aliphatic carbocycles. The number of carbonyl (C=O) groups excluding carboxylic acids is 1. The van der Waals surface area contributed by atoms with E-state index in [1.54, 1.807) is 25.1 Å². The van der Waals surface area contributed by atoms with Gasteiger partial charge in [0.25, 0.3) is 11.8 Å². The van der Waals surface area contributed by atoms with Gasteiger partial charge in [-0.2, -0.15) is 0 Å². The Morgan fingerprint density at radius 1 is 1.42 bits per heavy atom. The van der Waals surface area contributed by atoms with Gasteiger partial charge in [0.2, 0.25) is 0 Å². The minimum Gasteiger partial charge on any atom is -0.493 e. The lowest BCUT2D eigenvalue weighted by atomic mass is 10.2. The molecule has 4 nitrogen and oxygen atoms in total. The van der Waals surface area contributed by atoms with Gasteiger partial charge in [-0.25, -0.2) is 8.78 Å². The third-order valence-corrected chi connectivity index (χ3v) is 2.24. The van der Waals surface area contributed by atoms with Crippen LogP contribution >= 0.6 is 12.4 Å². The molecule has 1 amide bonds. The van der Waals surface area contributed by atoms with Crippen molar-refractivity contribution in [2.24, 2.45) is 5.73 Å². The second-order valence-corrected chi connectivity index (χ2v) is 3.67.